The fourth-order valence-electron chi connectivity index (χ4n) is 1.67. The summed E-state index contributed by atoms with van der Waals surface area (Å²) >= 11 is 0. The number of hydrogen-bond donors (Lipinski definition) is 1. The lowest BCUT2D eigenvalue weighted by Gasteiger charge is -2.14. The number of nitrogens with one attached hydrogen (secondary N) is 1. The topological polar surface area (TPSA) is 45.0 Å². The second kappa shape index (κ2) is 7.68. The molecule has 0 amide bonds. The minimum atomic E-state index is -0.172. The van der Waals surface area contributed by atoms with Gasteiger partial charge < -0.3 is 10.1 Å². The van der Waals surface area contributed by atoms with Gasteiger partial charge >= 0.3 is 0 Å². The molecule has 1 rings (SSSR count). The van der Waals surface area contributed by atoms with Crippen molar-refractivity contribution >= 4 is 0 Å². The molecule has 1 N–H and O–H groups in total. The van der Waals surface area contributed by atoms with E-state index in [9.17, 15) is 0 Å². The van der Waals surface area contributed by atoms with Crippen molar-refractivity contribution in [3.8, 4) is 6.07 Å². The van der Waals surface area contributed by atoms with Crippen LogP contribution in [0.3, 0.4) is 0 Å². The zero-order valence-corrected chi connectivity index (χ0v) is 11.3. The van der Waals surface area contributed by atoms with Gasteiger partial charge in [-0.25, -0.2) is 0 Å². The van der Waals surface area contributed by atoms with Gasteiger partial charge in [-0.2, -0.15) is 5.26 Å². The Morgan fingerprint density at radius 2 is 2.00 bits per heavy atom. The molecule has 0 heterocycles. The minimum absolute atomic E-state index is 0.172. The summed E-state index contributed by atoms with van der Waals surface area (Å²) in [6, 6.07) is 2.33. The first kappa shape index (κ1) is 14.5. The van der Waals surface area contributed by atoms with Crippen LogP contribution in [0.25, 0.3) is 0 Å². The van der Waals surface area contributed by atoms with Crippen molar-refractivity contribution in [3.05, 3.63) is 0 Å². The Balaban J connectivity index is 1.76. The van der Waals surface area contributed by atoms with Gasteiger partial charge in [0.25, 0.3) is 0 Å². The van der Waals surface area contributed by atoms with Crippen LogP contribution >= 0.6 is 0 Å². The van der Waals surface area contributed by atoms with Crippen LogP contribution in [0.1, 0.15) is 46.0 Å². The first-order chi connectivity index (χ1) is 8.14. The van der Waals surface area contributed by atoms with E-state index in [-0.39, 0.29) is 5.41 Å². The number of nitrogens with zero attached hydrogens (tertiary/aromatic N) is 1. The molecule has 0 aromatic carbocycles. The highest BCUT2D eigenvalue weighted by Crippen LogP contribution is 2.28. The highest BCUT2D eigenvalue weighted by atomic mass is 16.5. The molecule has 0 spiro atoms. The Hall–Kier alpha value is -0.590. The molecule has 0 radical (unpaired) electrons. The van der Waals surface area contributed by atoms with Gasteiger partial charge in [-0.3, -0.25) is 0 Å². The smallest absolute Gasteiger partial charge is 0.0683 e. The van der Waals surface area contributed by atoms with Gasteiger partial charge in [-0.05, 0) is 65.0 Å². The highest BCUT2D eigenvalue weighted by molar-refractivity contribution is 4.91. The quantitative estimate of drug-likeness (QED) is 0.595. The van der Waals surface area contributed by atoms with Crippen molar-refractivity contribution in [3.63, 3.8) is 0 Å². The average molecular weight is 238 g/mol. The van der Waals surface area contributed by atoms with E-state index in [2.05, 4.69) is 11.4 Å². The summed E-state index contributed by atoms with van der Waals surface area (Å²) in [5, 5.41) is 12.3. The van der Waals surface area contributed by atoms with Crippen LogP contribution < -0.4 is 5.32 Å². The lowest BCUT2D eigenvalue weighted by atomic mass is 9.90. The van der Waals surface area contributed by atoms with Gasteiger partial charge in [0.15, 0.2) is 0 Å². The van der Waals surface area contributed by atoms with Crippen LogP contribution in [0.5, 0.6) is 0 Å². The molecule has 0 aliphatic heterocycles. The molecule has 1 aliphatic carbocycles. The Bertz CT molecular complexity index is 241. The maximum Gasteiger partial charge on any atom is 0.0683 e. The van der Waals surface area contributed by atoms with Crippen molar-refractivity contribution < 1.29 is 4.74 Å². The van der Waals surface area contributed by atoms with Crippen LogP contribution in [0, 0.1) is 22.7 Å². The minimum Gasteiger partial charge on any atom is -0.381 e. The van der Waals surface area contributed by atoms with Crippen molar-refractivity contribution in [1.29, 1.82) is 5.26 Å². The Morgan fingerprint density at radius 1 is 1.29 bits per heavy atom. The van der Waals surface area contributed by atoms with Gasteiger partial charge in [-0.15, -0.1) is 0 Å². The first-order valence-corrected chi connectivity index (χ1v) is 6.84. The van der Waals surface area contributed by atoms with E-state index in [0.29, 0.717) is 0 Å². The maximum atomic E-state index is 8.86. The van der Waals surface area contributed by atoms with Crippen LogP contribution in [-0.4, -0.2) is 26.3 Å². The summed E-state index contributed by atoms with van der Waals surface area (Å²) < 4.78 is 5.55. The maximum absolute atomic E-state index is 8.86. The first-order valence-electron chi connectivity index (χ1n) is 6.84. The molecule has 1 fully saturated rings. The monoisotopic (exact) mass is 238 g/mol. The number of rotatable bonds is 10. The molecule has 1 saturated carbocycles. The fourth-order valence-corrected chi connectivity index (χ4v) is 1.67. The summed E-state index contributed by atoms with van der Waals surface area (Å²) in [6.07, 6.45) is 5.87. The van der Waals surface area contributed by atoms with Gasteiger partial charge in [0.1, 0.15) is 0 Å². The lowest BCUT2D eigenvalue weighted by Crippen LogP contribution is -2.20. The van der Waals surface area contributed by atoms with E-state index >= 15 is 0 Å². The summed E-state index contributed by atoms with van der Waals surface area (Å²) in [4.78, 5) is 0. The Kier molecular flexibility index (Phi) is 6.54. The van der Waals surface area contributed by atoms with Crippen LogP contribution in [-0.2, 0) is 4.74 Å². The van der Waals surface area contributed by atoms with E-state index in [1.165, 1.54) is 12.8 Å². The Labute approximate surface area is 106 Å². The molecule has 1 aliphatic rings. The molecule has 3 nitrogen and oxygen atoms in total. The predicted octanol–water partition coefficient (Wildman–Crippen LogP) is 2.72. The molecule has 0 atom stereocenters. The molecule has 0 bridgehead atoms. The third kappa shape index (κ3) is 8.18. The second-order valence-electron chi connectivity index (χ2n) is 5.72. The fraction of sp³-hybridized carbons (Fsp3) is 0.929. The third-order valence-corrected chi connectivity index (χ3v) is 3.15. The van der Waals surface area contributed by atoms with Crippen molar-refractivity contribution in [2.45, 2.75) is 46.0 Å². The summed E-state index contributed by atoms with van der Waals surface area (Å²) in [5.41, 5.74) is -0.172. The van der Waals surface area contributed by atoms with Crippen LogP contribution in [0.2, 0.25) is 0 Å². The molecule has 0 saturated heterocycles. The van der Waals surface area contributed by atoms with E-state index in [0.717, 1.165) is 51.5 Å². The van der Waals surface area contributed by atoms with Gasteiger partial charge in [-0.1, -0.05) is 0 Å². The second-order valence-corrected chi connectivity index (χ2v) is 5.72. The van der Waals surface area contributed by atoms with Gasteiger partial charge in [0, 0.05) is 13.2 Å². The normalized spacial score (nSPS) is 15.8. The largest absolute Gasteiger partial charge is 0.381 e. The third-order valence-electron chi connectivity index (χ3n) is 3.15. The lowest BCUT2D eigenvalue weighted by molar-refractivity contribution is 0.122. The molecule has 0 aromatic heterocycles. The van der Waals surface area contributed by atoms with Gasteiger partial charge in [0.05, 0.1) is 11.5 Å². The van der Waals surface area contributed by atoms with E-state index < -0.39 is 0 Å². The average Bonchev–Trinajstić information content (AvgIpc) is 3.11. The number of ether oxygens (including phenoxy) is 1. The summed E-state index contributed by atoms with van der Waals surface area (Å²) in [5.74, 6) is 0.871. The molecular weight excluding hydrogens is 212 g/mol. The van der Waals surface area contributed by atoms with Crippen molar-refractivity contribution in [2.75, 3.05) is 26.3 Å². The zero-order valence-electron chi connectivity index (χ0n) is 11.3. The Morgan fingerprint density at radius 3 is 2.65 bits per heavy atom. The van der Waals surface area contributed by atoms with Gasteiger partial charge in [0.2, 0.25) is 0 Å². The zero-order chi connectivity index (χ0) is 12.6. The molecular formula is C14H26N2O. The molecule has 98 valence electrons. The number of hydrogen-bond acceptors (Lipinski definition) is 3. The molecule has 3 heteroatoms. The van der Waals surface area contributed by atoms with Crippen molar-refractivity contribution in [2.24, 2.45) is 11.3 Å². The molecule has 17 heavy (non-hydrogen) atoms. The van der Waals surface area contributed by atoms with E-state index in [4.69, 9.17) is 10.00 Å². The standard InChI is InChI=1S/C14H26N2O/c1-14(2,12-15)7-3-8-16-9-4-10-17-11-13-5-6-13/h13,16H,3-11H2,1-2H3. The predicted molar refractivity (Wildman–Crippen MR) is 69.7 cm³/mol. The van der Waals surface area contributed by atoms with E-state index in [1.807, 2.05) is 13.8 Å². The van der Waals surface area contributed by atoms with E-state index in [1.54, 1.807) is 0 Å². The molecule has 0 unspecified atom stereocenters. The van der Waals surface area contributed by atoms with Crippen molar-refractivity contribution in [1.82, 2.24) is 5.32 Å². The summed E-state index contributed by atoms with van der Waals surface area (Å²) in [6.45, 7) is 7.88. The SMILES string of the molecule is CC(C)(C#N)CCCNCCCOCC1CC1. The molecule has 0 aromatic rings. The number of nitriles is 1. The van der Waals surface area contributed by atoms with Crippen LogP contribution in [0.4, 0.5) is 0 Å². The highest BCUT2D eigenvalue weighted by Gasteiger charge is 2.20. The summed E-state index contributed by atoms with van der Waals surface area (Å²) in [7, 11) is 0. The van der Waals surface area contributed by atoms with Crippen LogP contribution in [0.15, 0.2) is 0 Å².